The van der Waals surface area contributed by atoms with E-state index in [0.29, 0.717) is 5.82 Å². The fourth-order valence-corrected chi connectivity index (χ4v) is 2.10. The van der Waals surface area contributed by atoms with E-state index in [9.17, 15) is 9.90 Å². The van der Waals surface area contributed by atoms with Gasteiger partial charge in [0.05, 0.1) is 6.20 Å². The number of nitrogens with zero attached hydrogens (tertiary/aromatic N) is 3. The summed E-state index contributed by atoms with van der Waals surface area (Å²) in [6.07, 6.45) is 3.48. The molecule has 0 spiro atoms. The van der Waals surface area contributed by atoms with E-state index in [2.05, 4.69) is 10.1 Å². The van der Waals surface area contributed by atoms with Crippen LogP contribution in [-0.2, 0) is 0 Å². The first-order chi connectivity index (χ1) is 10.1. The van der Waals surface area contributed by atoms with Crippen LogP contribution in [0.1, 0.15) is 16.1 Å². The molecule has 0 saturated heterocycles. The number of hydrogen-bond donors (Lipinski definition) is 1. The highest BCUT2D eigenvalue weighted by molar-refractivity contribution is 5.91. The maximum Gasteiger partial charge on any atom is 0.339 e. The summed E-state index contributed by atoms with van der Waals surface area (Å²) in [6, 6.07) is 13.0. The van der Waals surface area contributed by atoms with Crippen LogP contribution >= 0.6 is 0 Å². The average Bonchev–Trinajstić information content (AvgIpc) is 2.97. The van der Waals surface area contributed by atoms with Gasteiger partial charge in [-0.3, -0.25) is 0 Å². The maximum absolute atomic E-state index is 11.3. The second-order valence-electron chi connectivity index (χ2n) is 4.67. The molecule has 0 aliphatic heterocycles. The largest absolute Gasteiger partial charge is 0.478 e. The summed E-state index contributed by atoms with van der Waals surface area (Å²) in [5, 5.41) is 13.5. The Morgan fingerprint density at radius 2 is 1.86 bits per heavy atom. The van der Waals surface area contributed by atoms with Crippen molar-refractivity contribution in [3.8, 4) is 16.9 Å². The van der Waals surface area contributed by atoms with Gasteiger partial charge < -0.3 is 5.11 Å². The zero-order valence-corrected chi connectivity index (χ0v) is 11.4. The number of hydrogen-bond acceptors (Lipinski definition) is 3. The summed E-state index contributed by atoms with van der Waals surface area (Å²) < 4.78 is 1.50. The fourth-order valence-electron chi connectivity index (χ4n) is 2.10. The molecule has 0 fully saturated rings. The van der Waals surface area contributed by atoms with Crippen LogP contribution in [0.15, 0.2) is 54.9 Å². The topological polar surface area (TPSA) is 68.0 Å². The van der Waals surface area contributed by atoms with Gasteiger partial charge in [-0.05, 0) is 24.6 Å². The normalized spacial score (nSPS) is 10.5. The highest BCUT2D eigenvalue weighted by Gasteiger charge is 2.14. The van der Waals surface area contributed by atoms with Crippen LogP contribution in [0.4, 0.5) is 0 Å². The van der Waals surface area contributed by atoms with Crippen molar-refractivity contribution in [3.05, 3.63) is 66.1 Å². The van der Waals surface area contributed by atoms with Gasteiger partial charge in [-0.15, -0.1) is 0 Å². The van der Waals surface area contributed by atoms with Crippen molar-refractivity contribution in [3.63, 3.8) is 0 Å². The van der Waals surface area contributed by atoms with Gasteiger partial charge in [-0.1, -0.05) is 30.3 Å². The van der Waals surface area contributed by atoms with Gasteiger partial charge >= 0.3 is 5.97 Å². The lowest BCUT2D eigenvalue weighted by Gasteiger charge is -2.05. The van der Waals surface area contributed by atoms with Gasteiger partial charge in [-0.25, -0.2) is 14.5 Å². The number of rotatable bonds is 3. The number of pyridine rings is 1. The Hall–Kier alpha value is -2.95. The summed E-state index contributed by atoms with van der Waals surface area (Å²) >= 11 is 0. The number of aromatic nitrogens is 3. The first kappa shape index (κ1) is 13.1. The predicted molar refractivity (Wildman–Crippen MR) is 78.5 cm³/mol. The quantitative estimate of drug-likeness (QED) is 0.800. The monoisotopic (exact) mass is 279 g/mol. The molecule has 2 aromatic heterocycles. The molecule has 0 bridgehead atoms. The molecular formula is C16H13N3O2. The van der Waals surface area contributed by atoms with Crippen molar-refractivity contribution >= 4 is 5.97 Å². The van der Waals surface area contributed by atoms with Gasteiger partial charge in [0.25, 0.3) is 0 Å². The third-order valence-electron chi connectivity index (χ3n) is 3.15. The average molecular weight is 279 g/mol. The molecule has 1 N–H and O–H groups in total. The molecule has 3 aromatic rings. The van der Waals surface area contributed by atoms with E-state index in [1.54, 1.807) is 24.5 Å². The van der Waals surface area contributed by atoms with Crippen LogP contribution in [0.2, 0.25) is 0 Å². The Bertz CT molecular complexity index is 794. The van der Waals surface area contributed by atoms with E-state index in [-0.39, 0.29) is 5.56 Å². The molecule has 21 heavy (non-hydrogen) atoms. The summed E-state index contributed by atoms with van der Waals surface area (Å²) in [7, 11) is 0. The number of carboxylic acid groups (broad SMARTS) is 1. The summed E-state index contributed by atoms with van der Waals surface area (Å²) in [6.45, 7) is 1.82. The molecule has 5 nitrogen and oxygen atoms in total. The van der Waals surface area contributed by atoms with Crippen LogP contribution in [0.5, 0.6) is 0 Å². The van der Waals surface area contributed by atoms with Crippen molar-refractivity contribution in [2.24, 2.45) is 0 Å². The van der Waals surface area contributed by atoms with E-state index in [4.69, 9.17) is 0 Å². The summed E-state index contributed by atoms with van der Waals surface area (Å²) in [4.78, 5) is 15.6. The predicted octanol–water partition coefficient (Wildman–Crippen LogP) is 2.94. The summed E-state index contributed by atoms with van der Waals surface area (Å²) in [5.41, 5.74) is 2.80. The minimum Gasteiger partial charge on any atom is -0.478 e. The van der Waals surface area contributed by atoms with Gasteiger partial charge in [0.15, 0.2) is 5.82 Å². The van der Waals surface area contributed by atoms with Crippen molar-refractivity contribution in [1.82, 2.24) is 14.8 Å². The number of benzene rings is 1. The fraction of sp³-hybridized carbons (Fsp3) is 0.0625. The Morgan fingerprint density at radius 1 is 1.10 bits per heavy atom. The van der Waals surface area contributed by atoms with Crippen LogP contribution in [0.3, 0.4) is 0 Å². The third-order valence-corrected chi connectivity index (χ3v) is 3.15. The van der Waals surface area contributed by atoms with Crippen molar-refractivity contribution < 1.29 is 9.90 Å². The van der Waals surface area contributed by atoms with Gasteiger partial charge in [0, 0.05) is 17.5 Å². The molecule has 0 atom stereocenters. The lowest BCUT2D eigenvalue weighted by atomic mass is 10.1. The number of aromatic carboxylic acids is 1. The third kappa shape index (κ3) is 2.53. The number of carbonyl (C=O) groups is 1. The lowest BCUT2D eigenvalue weighted by molar-refractivity contribution is 0.0696. The first-order valence-electron chi connectivity index (χ1n) is 6.46. The highest BCUT2D eigenvalue weighted by atomic mass is 16.4. The molecular weight excluding hydrogens is 266 g/mol. The minimum absolute atomic E-state index is 0.128. The Balaban J connectivity index is 2.08. The standard InChI is InChI=1S/C16H13N3O2/c1-11-7-8-14(16(20)21)15(18-11)19-10-13(9-17-19)12-5-3-2-4-6-12/h2-10H,1H3,(H,20,21). The smallest absolute Gasteiger partial charge is 0.339 e. The van der Waals surface area contributed by atoms with Crippen molar-refractivity contribution in [2.75, 3.05) is 0 Å². The van der Waals surface area contributed by atoms with E-state index >= 15 is 0 Å². The van der Waals surface area contributed by atoms with Crippen molar-refractivity contribution in [2.45, 2.75) is 6.92 Å². The van der Waals surface area contributed by atoms with Crippen LogP contribution < -0.4 is 0 Å². The zero-order valence-electron chi connectivity index (χ0n) is 11.4. The Kier molecular flexibility index (Phi) is 3.23. The summed E-state index contributed by atoms with van der Waals surface area (Å²) in [5.74, 6) is -0.695. The SMILES string of the molecule is Cc1ccc(C(=O)O)c(-n2cc(-c3ccccc3)cn2)n1. The molecule has 1 aromatic carbocycles. The second kappa shape index (κ2) is 5.20. The van der Waals surface area contributed by atoms with Gasteiger partial charge in [0.2, 0.25) is 0 Å². The highest BCUT2D eigenvalue weighted by Crippen LogP contribution is 2.20. The Labute approximate surface area is 121 Å². The molecule has 0 unspecified atom stereocenters. The second-order valence-corrected chi connectivity index (χ2v) is 4.67. The molecule has 0 aliphatic carbocycles. The molecule has 0 radical (unpaired) electrons. The molecule has 104 valence electrons. The number of carboxylic acids is 1. The van der Waals surface area contributed by atoms with Crippen LogP contribution in [-0.4, -0.2) is 25.8 Å². The minimum atomic E-state index is -1.02. The number of aryl methyl sites for hydroxylation is 1. The van der Waals surface area contributed by atoms with E-state index in [1.165, 1.54) is 4.68 Å². The van der Waals surface area contributed by atoms with Crippen LogP contribution in [0, 0.1) is 6.92 Å². The maximum atomic E-state index is 11.3. The first-order valence-corrected chi connectivity index (χ1v) is 6.46. The Morgan fingerprint density at radius 3 is 2.57 bits per heavy atom. The van der Waals surface area contributed by atoms with E-state index in [0.717, 1.165) is 16.8 Å². The molecule has 0 amide bonds. The lowest BCUT2D eigenvalue weighted by Crippen LogP contribution is -2.08. The molecule has 3 rings (SSSR count). The van der Waals surface area contributed by atoms with Crippen LogP contribution in [0.25, 0.3) is 16.9 Å². The molecule has 0 saturated carbocycles. The van der Waals surface area contributed by atoms with Gasteiger partial charge in [0.1, 0.15) is 5.56 Å². The van der Waals surface area contributed by atoms with E-state index < -0.39 is 5.97 Å². The zero-order chi connectivity index (χ0) is 14.8. The van der Waals surface area contributed by atoms with Crippen molar-refractivity contribution in [1.29, 1.82) is 0 Å². The molecule has 5 heteroatoms. The van der Waals surface area contributed by atoms with Gasteiger partial charge in [-0.2, -0.15) is 5.10 Å². The molecule has 0 aliphatic rings. The van der Waals surface area contributed by atoms with E-state index in [1.807, 2.05) is 37.3 Å². The molecule has 2 heterocycles.